The predicted molar refractivity (Wildman–Crippen MR) is 112 cm³/mol. The zero-order chi connectivity index (χ0) is 20.4. The quantitative estimate of drug-likeness (QED) is 0.488. The Morgan fingerprint density at radius 3 is 2.34 bits per heavy atom. The number of phenols is 1. The summed E-state index contributed by atoms with van der Waals surface area (Å²) in [5, 5.41) is 25.0. The molecule has 1 unspecified atom stereocenters. The first-order valence-corrected chi connectivity index (χ1v) is 10.9. The van der Waals surface area contributed by atoms with Crippen molar-refractivity contribution in [2.45, 2.75) is 57.9 Å². The van der Waals surface area contributed by atoms with Gasteiger partial charge in [-0.25, -0.2) is 0 Å². The van der Waals surface area contributed by atoms with Crippen molar-refractivity contribution in [1.82, 2.24) is 10.6 Å². The summed E-state index contributed by atoms with van der Waals surface area (Å²) in [6.45, 7) is 2.68. The smallest absolute Gasteiger partial charge is 0.263 e. The second kappa shape index (κ2) is 8.10. The van der Waals surface area contributed by atoms with E-state index in [2.05, 4.69) is 17.6 Å². The third-order valence-electron chi connectivity index (χ3n) is 7.48. The molecule has 0 radical (unpaired) electrons. The second-order valence-electron chi connectivity index (χ2n) is 9.51. The van der Waals surface area contributed by atoms with Crippen LogP contribution in [0.4, 0.5) is 0 Å². The van der Waals surface area contributed by atoms with Crippen molar-refractivity contribution in [3.8, 4) is 11.8 Å². The molecule has 0 aliphatic heterocycles. The van der Waals surface area contributed by atoms with Gasteiger partial charge in [0.25, 0.3) is 5.91 Å². The molecule has 4 aliphatic rings. The number of nitriles is 1. The minimum absolute atomic E-state index is 0.132. The highest BCUT2D eigenvalue weighted by molar-refractivity contribution is 5.97. The van der Waals surface area contributed by atoms with Gasteiger partial charge in [0.15, 0.2) is 0 Å². The molecule has 0 spiro atoms. The lowest BCUT2D eigenvalue weighted by Gasteiger charge is -2.59. The zero-order valence-electron chi connectivity index (χ0n) is 17.2. The monoisotopic (exact) mass is 393 g/mol. The average molecular weight is 394 g/mol. The minimum atomic E-state index is -0.337. The Bertz CT molecular complexity index is 786. The second-order valence-corrected chi connectivity index (χ2v) is 9.51. The van der Waals surface area contributed by atoms with Crippen LogP contribution in [0, 0.1) is 34.5 Å². The Kier molecular flexibility index (Phi) is 5.54. The lowest BCUT2D eigenvalue weighted by molar-refractivity contribution is -0.117. The maximum atomic E-state index is 12.4. The van der Waals surface area contributed by atoms with Crippen LogP contribution in [0.15, 0.2) is 36.0 Å². The molecule has 4 bridgehead atoms. The van der Waals surface area contributed by atoms with E-state index >= 15 is 0 Å². The summed E-state index contributed by atoms with van der Waals surface area (Å²) in [4.78, 5) is 12.4. The van der Waals surface area contributed by atoms with Gasteiger partial charge < -0.3 is 15.7 Å². The van der Waals surface area contributed by atoms with Gasteiger partial charge in [0.1, 0.15) is 17.4 Å². The maximum Gasteiger partial charge on any atom is 0.263 e. The standard InChI is InChI=1S/C24H31N3O2/c1-16(24-11-18-8-19(12-24)10-20(9-18)13-24)27-15-21(14-25)23(29)26-7-6-17-2-4-22(28)5-3-17/h2-5,15-16,18-20,27-28H,6-13H2,1H3,(H,26,29)/b21-15-. The van der Waals surface area contributed by atoms with E-state index in [1.54, 1.807) is 18.3 Å². The van der Waals surface area contributed by atoms with Crippen molar-refractivity contribution in [3.05, 3.63) is 41.6 Å². The van der Waals surface area contributed by atoms with Gasteiger partial charge in [-0.1, -0.05) is 12.1 Å². The van der Waals surface area contributed by atoms with Crippen molar-refractivity contribution in [3.63, 3.8) is 0 Å². The number of benzene rings is 1. The van der Waals surface area contributed by atoms with E-state index in [1.165, 1.54) is 38.5 Å². The first-order chi connectivity index (χ1) is 14.0. The fraction of sp³-hybridized carbons (Fsp3) is 0.583. The normalized spacial score (nSPS) is 31.2. The van der Waals surface area contributed by atoms with Crippen LogP contribution in [0.5, 0.6) is 5.75 Å². The van der Waals surface area contributed by atoms with Crippen LogP contribution >= 0.6 is 0 Å². The summed E-state index contributed by atoms with van der Waals surface area (Å²) in [5.74, 6) is 2.54. The summed E-state index contributed by atoms with van der Waals surface area (Å²) < 4.78 is 0. The third kappa shape index (κ3) is 4.27. The van der Waals surface area contributed by atoms with Crippen molar-refractivity contribution in [1.29, 1.82) is 5.26 Å². The maximum absolute atomic E-state index is 12.4. The van der Waals surface area contributed by atoms with Gasteiger partial charge in [-0.05, 0) is 92.7 Å². The number of carbonyl (C=O) groups is 1. The molecule has 154 valence electrons. The lowest BCUT2D eigenvalue weighted by atomic mass is 9.48. The first-order valence-electron chi connectivity index (χ1n) is 10.9. The van der Waals surface area contributed by atoms with Crippen LogP contribution in [0.2, 0.25) is 0 Å². The Balaban J connectivity index is 1.31. The fourth-order valence-corrected chi connectivity index (χ4v) is 6.32. The van der Waals surface area contributed by atoms with Crippen LogP contribution < -0.4 is 10.6 Å². The van der Waals surface area contributed by atoms with E-state index in [-0.39, 0.29) is 23.3 Å². The number of amides is 1. The number of nitrogens with one attached hydrogen (secondary N) is 2. The SMILES string of the molecule is CC(N/C=C(/C#N)C(=O)NCCc1ccc(O)cc1)C12CC3CC(CC(C3)C1)C2. The number of hydrogen-bond donors (Lipinski definition) is 3. The topological polar surface area (TPSA) is 85.2 Å². The van der Waals surface area contributed by atoms with Crippen molar-refractivity contribution < 1.29 is 9.90 Å². The highest BCUT2D eigenvalue weighted by Gasteiger charge is 2.52. The van der Waals surface area contributed by atoms with Gasteiger partial charge >= 0.3 is 0 Å². The summed E-state index contributed by atoms with van der Waals surface area (Å²) in [6, 6.07) is 9.25. The largest absolute Gasteiger partial charge is 0.508 e. The molecule has 0 saturated heterocycles. The number of hydrogen-bond acceptors (Lipinski definition) is 4. The summed E-state index contributed by atoms with van der Waals surface area (Å²) in [6.07, 6.45) is 10.4. The van der Waals surface area contributed by atoms with E-state index in [1.807, 2.05) is 18.2 Å². The van der Waals surface area contributed by atoms with Crippen LogP contribution in [0.25, 0.3) is 0 Å². The number of phenolic OH excluding ortho intramolecular Hbond substituents is 1. The van der Waals surface area contributed by atoms with Crippen LogP contribution in [0.3, 0.4) is 0 Å². The van der Waals surface area contributed by atoms with Crippen LogP contribution in [0.1, 0.15) is 51.0 Å². The first kappa shape index (κ1) is 19.8. The molecule has 1 aromatic carbocycles. The number of carbonyl (C=O) groups excluding carboxylic acids is 1. The predicted octanol–water partition coefficient (Wildman–Crippen LogP) is 3.65. The van der Waals surface area contributed by atoms with E-state index < -0.39 is 0 Å². The Labute approximate surface area is 173 Å². The van der Waals surface area contributed by atoms with Crippen molar-refractivity contribution in [2.24, 2.45) is 23.2 Å². The molecule has 3 N–H and O–H groups in total. The number of nitrogens with zero attached hydrogens (tertiary/aromatic N) is 1. The van der Waals surface area contributed by atoms with E-state index in [0.29, 0.717) is 18.4 Å². The molecule has 5 heteroatoms. The highest BCUT2D eigenvalue weighted by atomic mass is 16.3. The van der Waals surface area contributed by atoms with E-state index in [9.17, 15) is 15.2 Å². The molecule has 29 heavy (non-hydrogen) atoms. The number of aromatic hydroxyl groups is 1. The summed E-state index contributed by atoms with van der Waals surface area (Å²) in [7, 11) is 0. The Hall–Kier alpha value is -2.48. The molecule has 4 aliphatic carbocycles. The molecule has 5 nitrogen and oxygen atoms in total. The van der Waals surface area contributed by atoms with Gasteiger partial charge in [-0.3, -0.25) is 4.79 Å². The Morgan fingerprint density at radius 1 is 1.21 bits per heavy atom. The molecule has 1 aromatic rings. The number of rotatable bonds is 7. The average Bonchev–Trinajstić information content (AvgIpc) is 2.69. The van der Waals surface area contributed by atoms with E-state index in [4.69, 9.17) is 0 Å². The fourth-order valence-electron chi connectivity index (χ4n) is 6.32. The molecular formula is C24H31N3O2. The minimum Gasteiger partial charge on any atom is -0.508 e. The molecule has 1 atom stereocenters. The Morgan fingerprint density at radius 2 is 1.79 bits per heavy atom. The van der Waals surface area contributed by atoms with Gasteiger partial charge in [0.05, 0.1) is 0 Å². The molecule has 1 amide bonds. The zero-order valence-corrected chi connectivity index (χ0v) is 17.2. The summed E-state index contributed by atoms with van der Waals surface area (Å²) in [5.41, 5.74) is 1.49. The highest BCUT2D eigenvalue weighted by Crippen LogP contribution is 2.61. The molecule has 0 aromatic heterocycles. The van der Waals surface area contributed by atoms with E-state index in [0.717, 1.165) is 23.3 Å². The molecular weight excluding hydrogens is 362 g/mol. The van der Waals surface area contributed by atoms with Crippen LogP contribution in [-0.4, -0.2) is 23.6 Å². The van der Waals surface area contributed by atoms with Crippen molar-refractivity contribution in [2.75, 3.05) is 6.54 Å². The van der Waals surface area contributed by atoms with Gasteiger partial charge in [-0.15, -0.1) is 0 Å². The van der Waals surface area contributed by atoms with Gasteiger partial charge in [0.2, 0.25) is 0 Å². The van der Waals surface area contributed by atoms with Gasteiger partial charge in [-0.2, -0.15) is 5.26 Å². The summed E-state index contributed by atoms with van der Waals surface area (Å²) >= 11 is 0. The lowest BCUT2D eigenvalue weighted by Crippen LogP contribution is -2.54. The molecule has 0 heterocycles. The van der Waals surface area contributed by atoms with Crippen molar-refractivity contribution >= 4 is 5.91 Å². The molecule has 5 rings (SSSR count). The van der Waals surface area contributed by atoms with Gasteiger partial charge in [0, 0.05) is 18.8 Å². The third-order valence-corrected chi connectivity index (χ3v) is 7.48. The molecule has 4 saturated carbocycles. The van der Waals surface area contributed by atoms with Crippen LogP contribution in [-0.2, 0) is 11.2 Å². The molecule has 4 fully saturated rings.